The van der Waals surface area contributed by atoms with Crippen LogP contribution in [0.2, 0.25) is 0 Å². The Labute approximate surface area is 369 Å². The maximum Gasteiger partial charge on any atom is 0.306 e. The van der Waals surface area contributed by atoms with Gasteiger partial charge < -0.3 is 27.9 Å². The summed E-state index contributed by atoms with van der Waals surface area (Å²) in [6.45, 7) is 4.18. The normalized spacial score (nSPS) is 13.9. The molecule has 10 heteroatoms. The summed E-state index contributed by atoms with van der Waals surface area (Å²) in [6, 6.07) is 0. The van der Waals surface area contributed by atoms with Crippen LogP contribution in [0.4, 0.5) is 0 Å². The fourth-order valence-corrected chi connectivity index (χ4v) is 7.21. The number of carbonyl (C=O) groups excluding carboxylic acids is 2. The smallest absolute Gasteiger partial charge is 0.306 e. The summed E-state index contributed by atoms with van der Waals surface area (Å²) in [5.74, 6) is -0.854. The zero-order valence-electron chi connectivity index (χ0n) is 39.4. The van der Waals surface area contributed by atoms with Crippen molar-refractivity contribution in [3.63, 3.8) is 0 Å². The number of unbranched alkanes of at least 4 members (excludes halogenated alkanes) is 22. The number of quaternary nitrogens is 1. The van der Waals surface area contributed by atoms with E-state index in [0.29, 0.717) is 23.9 Å². The molecule has 0 N–H and O–H groups in total. The third kappa shape index (κ3) is 45.5. The van der Waals surface area contributed by atoms with Gasteiger partial charge in [-0.3, -0.25) is 14.2 Å². The number of rotatable bonds is 44. The molecule has 0 fully saturated rings. The van der Waals surface area contributed by atoms with Crippen molar-refractivity contribution in [1.82, 2.24) is 0 Å². The average molecular weight is 866 g/mol. The largest absolute Gasteiger partial charge is 0.756 e. The summed E-state index contributed by atoms with van der Waals surface area (Å²) in [5.41, 5.74) is 0. The van der Waals surface area contributed by atoms with Crippen molar-refractivity contribution in [3.8, 4) is 0 Å². The molecule has 0 radical (unpaired) electrons. The topological polar surface area (TPSA) is 111 Å². The average Bonchev–Trinajstić information content (AvgIpc) is 3.20. The minimum atomic E-state index is -4.63. The quantitative estimate of drug-likeness (QED) is 0.0196. The van der Waals surface area contributed by atoms with Gasteiger partial charge in [-0.2, -0.15) is 0 Å². The monoisotopic (exact) mass is 866 g/mol. The number of hydrogen-bond acceptors (Lipinski definition) is 8. The van der Waals surface area contributed by atoms with Gasteiger partial charge >= 0.3 is 11.9 Å². The first kappa shape index (κ1) is 58.0. The predicted molar refractivity (Wildman–Crippen MR) is 250 cm³/mol. The van der Waals surface area contributed by atoms with E-state index in [9.17, 15) is 19.0 Å². The molecule has 0 aromatic rings. The Hall–Kier alpha value is -2.03. The van der Waals surface area contributed by atoms with E-state index in [1.54, 1.807) is 0 Å². The van der Waals surface area contributed by atoms with Crippen LogP contribution in [0.1, 0.15) is 206 Å². The van der Waals surface area contributed by atoms with Crippen LogP contribution < -0.4 is 4.89 Å². The fourth-order valence-electron chi connectivity index (χ4n) is 6.48. The lowest BCUT2D eigenvalue weighted by atomic mass is 10.1. The Balaban J connectivity index is 4.31. The van der Waals surface area contributed by atoms with E-state index in [0.717, 1.165) is 70.6 Å². The van der Waals surface area contributed by atoms with Crippen LogP contribution in [0.25, 0.3) is 0 Å². The molecule has 0 aromatic heterocycles. The Morgan fingerprint density at radius 3 is 1.35 bits per heavy atom. The van der Waals surface area contributed by atoms with Gasteiger partial charge in [0, 0.05) is 12.8 Å². The van der Waals surface area contributed by atoms with Crippen LogP contribution in [-0.2, 0) is 32.7 Å². The maximum atomic E-state index is 12.7. The van der Waals surface area contributed by atoms with E-state index in [2.05, 4.69) is 62.5 Å². The first-order valence-corrected chi connectivity index (χ1v) is 25.8. The van der Waals surface area contributed by atoms with Gasteiger partial charge in [0.25, 0.3) is 7.82 Å². The minimum Gasteiger partial charge on any atom is -0.756 e. The predicted octanol–water partition coefficient (Wildman–Crippen LogP) is 13.6. The highest BCUT2D eigenvalue weighted by atomic mass is 31.2. The second-order valence-corrected chi connectivity index (χ2v) is 18.9. The molecule has 2 unspecified atom stereocenters. The molecule has 350 valence electrons. The van der Waals surface area contributed by atoms with Gasteiger partial charge in [0.1, 0.15) is 19.8 Å². The van der Waals surface area contributed by atoms with E-state index >= 15 is 0 Å². The number of likely N-dealkylation sites (N-methyl/N-ethyl adjacent to an activating group) is 1. The van der Waals surface area contributed by atoms with Crippen molar-refractivity contribution in [2.45, 2.75) is 213 Å². The molecule has 60 heavy (non-hydrogen) atoms. The summed E-state index contributed by atoms with van der Waals surface area (Å²) in [5, 5.41) is 0. The molecule has 0 aromatic carbocycles. The van der Waals surface area contributed by atoms with Crippen LogP contribution in [0.3, 0.4) is 0 Å². The minimum absolute atomic E-state index is 0.0352. The Kier molecular flexibility index (Phi) is 40.8. The van der Waals surface area contributed by atoms with Gasteiger partial charge in [-0.15, -0.1) is 0 Å². The SMILES string of the molecule is CCCCC/C=C\C/C=C\CCCCCCCC(=O)OCC(COP(=O)([O-])OCC[N+](C)(C)C)OC(=O)CCCCCCCCCCC/C=C\C/C=C\CCCCCCC. The first-order valence-electron chi connectivity index (χ1n) is 24.3. The lowest BCUT2D eigenvalue weighted by Gasteiger charge is -2.28. The molecule has 0 saturated carbocycles. The molecule has 0 aliphatic heterocycles. The fraction of sp³-hybridized carbons (Fsp3) is 0.800. The number of phosphoric acid groups is 1. The van der Waals surface area contributed by atoms with Crippen LogP contribution in [-0.4, -0.2) is 70.0 Å². The van der Waals surface area contributed by atoms with Crippen LogP contribution in [0.15, 0.2) is 48.6 Å². The van der Waals surface area contributed by atoms with Gasteiger partial charge in [0.2, 0.25) is 0 Å². The summed E-state index contributed by atoms with van der Waals surface area (Å²) in [7, 11) is 1.15. The standard InChI is InChI=1S/C50H92NO8P/c1-6-8-10-12-14-16-18-20-22-23-24-25-26-27-29-31-33-35-37-39-41-43-50(53)59-48(47-58-60(54,55)57-45-44-51(3,4)5)46-56-49(52)42-40-38-36-34-32-30-28-21-19-17-15-13-11-9-7-2/h15,17-18,20-21,23-24,28,48H,6-14,16,19,22,25-27,29-47H2,1-5H3/b17-15-,20-18-,24-23-,28-21-. The molecule has 0 bridgehead atoms. The summed E-state index contributed by atoms with van der Waals surface area (Å²) in [6.07, 6.45) is 49.9. The zero-order chi connectivity index (χ0) is 44.3. The van der Waals surface area contributed by atoms with Crippen LogP contribution in [0, 0.1) is 0 Å². The number of ether oxygens (including phenoxy) is 2. The van der Waals surface area contributed by atoms with E-state index in [-0.39, 0.29) is 26.1 Å². The number of hydrogen-bond donors (Lipinski definition) is 0. The number of allylic oxidation sites excluding steroid dienone is 8. The van der Waals surface area contributed by atoms with Crippen LogP contribution >= 0.6 is 7.82 Å². The van der Waals surface area contributed by atoms with Crippen LogP contribution in [0.5, 0.6) is 0 Å². The molecular formula is C50H92NO8P. The van der Waals surface area contributed by atoms with Gasteiger partial charge in [-0.05, 0) is 77.0 Å². The molecule has 9 nitrogen and oxygen atoms in total. The highest BCUT2D eigenvalue weighted by Gasteiger charge is 2.21. The molecule has 0 spiro atoms. The summed E-state index contributed by atoms with van der Waals surface area (Å²) >= 11 is 0. The van der Waals surface area contributed by atoms with E-state index in [1.165, 1.54) is 96.3 Å². The second kappa shape index (κ2) is 42.3. The van der Waals surface area contributed by atoms with Gasteiger partial charge in [-0.25, -0.2) is 0 Å². The van der Waals surface area contributed by atoms with E-state index in [1.807, 2.05) is 21.1 Å². The third-order valence-corrected chi connectivity index (χ3v) is 11.3. The van der Waals surface area contributed by atoms with Crippen molar-refractivity contribution < 1.29 is 42.1 Å². The van der Waals surface area contributed by atoms with Gasteiger partial charge in [-0.1, -0.05) is 165 Å². The maximum absolute atomic E-state index is 12.7. The van der Waals surface area contributed by atoms with Crippen molar-refractivity contribution in [3.05, 3.63) is 48.6 Å². The van der Waals surface area contributed by atoms with Crippen molar-refractivity contribution >= 4 is 19.8 Å². The first-order chi connectivity index (χ1) is 29.0. The van der Waals surface area contributed by atoms with E-state index < -0.39 is 32.5 Å². The molecule has 0 saturated heterocycles. The lowest BCUT2D eigenvalue weighted by Crippen LogP contribution is -2.37. The second-order valence-electron chi connectivity index (χ2n) is 17.5. The van der Waals surface area contributed by atoms with E-state index in [4.69, 9.17) is 18.5 Å². The molecule has 0 heterocycles. The third-order valence-electron chi connectivity index (χ3n) is 10.3. The summed E-state index contributed by atoms with van der Waals surface area (Å²) < 4.78 is 34.0. The highest BCUT2D eigenvalue weighted by Crippen LogP contribution is 2.38. The molecule has 0 aliphatic rings. The van der Waals surface area contributed by atoms with Gasteiger partial charge in [0.15, 0.2) is 6.10 Å². The number of esters is 2. The number of phosphoric ester groups is 1. The number of nitrogens with zero attached hydrogens (tertiary/aromatic N) is 1. The molecule has 2 atom stereocenters. The lowest BCUT2D eigenvalue weighted by molar-refractivity contribution is -0.870. The Morgan fingerprint density at radius 2 is 0.900 bits per heavy atom. The number of carbonyl (C=O) groups is 2. The molecule has 0 rings (SSSR count). The summed E-state index contributed by atoms with van der Waals surface area (Å²) in [4.78, 5) is 37.6. The zero-order valence-corrected chi connectivity index (χ0v) is 40.3. The van der Waals surface area contributed by atoms with Crippen molar-refractivity contribution in [2.24, 2.45) is 0 Å². The molecule has 0 amide bonds. The van der Waals surface area contributed by atoms with Crippen molar-refractivity contribution in [2.75, 3.05) is 47.5 Å². The highest BCUT2D eigenvalue weighted by molar-refractivity contribution is 7.45. The van der Waals surface area contributed by atoms with Crippen molar-refractivity contribution in [1.29, 1.82) is 0 Å². The molecular weight excluding hydrogens is 774 g/mol. The van der Waals surface area contributed by atoms with Gasteiger partial charge in [0.05, 0.1) is 27.7 Å². The Bertz CT molecular complexity index is 1160. The molecule has 0 aliphatic carbocycles. The Morgan fingerprint density at radius 1 is 0.517 bits per heavy atom.